The van der Waals surface area contributed by atoms with E-state index in [1.165, 1.54) is 11.5 Å². The number of aromatic nitrogens is 1. The average Bonchev–Trinajstić information content (AvgIpc) is 2.51. The van der Waals surface area contributed by atoms with Gasteiger partial charge in [0.15, 0.2) is 0 Å². The smallest absolute Gasteiger partial charge is 0.0669 e. The molecule has 0 radical (unpaired) electrons. The van der Waals surface area contributed by atoms with Crippen LogP contribution >= 0.6 is 11.5 Å². The van der Waals surface area contributed by atoms with Crippen LogP contribution in [0.1, 0.15) is 5.56 Å². The quantitative estimate of drug-likeness (QED) is 0.665. The molecule has 2 nitrogen and oxygen atoms in total. The summed E-state index contributed by atoms with van der Waals surface area (Å²) in [7, 11) is 0. The number of fused-ring (bicyclic) bond motifs is 1. The van der Waals surface area contributed by atoms with E-state index in [0.717, 1.165) is 15.6 Å². The minimum absolute atomic E-state index is 0.480. The maximum absolute atomic E-state index is 8.48. The van der Waals surface area contributed by atoms with Gasteiger partial charge in [0.2, 0.25) is 0 Å². The molecule has 0 bridgehead atoms. The van der Waals surface area contributed by atoms with Crippen LogP contribution in [0.3, 0.4) is 0 Å². The Morgan fingerprint density at radius 2 is 2.42 bits per heavy atom. The minimum Gasteiger partial charge on any atom is -0.200 e. The minimum atomic E-state index is 0.480. The molecule has 2 rings (SSSR count). The van der Waals surface area contributed by atoms with Gasteiger partial charge >= 0.3 is 0 Å². The molecular formula is C9H6N2S. The Bertz CT molecular complexity index is 439. The van der Waals surface area contributed by atoms with Crippen molar-refractivity contribution >= 4 is 21.6 Å². The maximum atomic E-state index is 8.48. The largest absolute Gasteiger partial charge is 0.200 e. The molecule has 1 aromatic heterocycles. The summed E-state index contributed by atoms with van der Waals surface area (Å²) in [5, 5.41) is 9.63. The van der Waals surface area contributed by atoms with Gasteiger partial charge in [0, 0.05) is 11.6 Å². The molecule has 0 spiro atoms. The zero-order valence-electron chi connectivity index (χ0n) is 6.32. The highest BCUT2D eigenvalue weighted by Crippen LogP contribution is 2.19. The van der Waals surface area contributed by atoms with Gasteiger partial charge in [0.25, 0.3) is 0 Å². The van der Waals surface area contributed by atoms with E-state index in [9.17, 15) is 0 Å². The van der Waals surface area contributed by atoms with E-state index in [4.69, 9.17) is 5.26 Å². The van der Waals surface area contributed by atoms with Gasteiger partial charge in [-0.15, -0.1) is 0 Å². The lowest BCUT2D eigenvalue weighted by Crippen LogP contribution is -1.78. The van der Waals surface area contributed by atoms with Crippen molar-refractivity contribution < 1.29 is 0 Å². The number of rotatable bonds is 1. The first kappa shape index (κ1) is 7.26. The molecule has 3 heteroatoms. The summed E-state index contributed by atoms with van der Waals surface area (Å²) < 4.78 is 5.22. The summed E-state index contributed by atoms with van der Waals surface area (Å²) in [6, 6.07) is 8.13. The first-order valence-corrected chi connectivity index (χ1v) is 4.38. The predicted octanol–water partition coefficient (Wildman–Crippen LogP) is 2.36. The zero-order chi connectivity index (χ0) is 8.39. The highest BCUT2D eigenvalue weighted by molar-refractivity contribution is 7.13. The van der Waals surface area contributed by atoms with Crippen LogP contribution in [-0.4, -0.2) is 4.37 Å². The van der Waals surface area contributed by atoms with E-state index in [1.807, 2.05) is 24.4 Å². The van der Waals surface area contributed by atoms with Crippen LogP contribution in [0, 0.1) is 11.3 Å². The number of hydrogen-bond acceptors (Lipinski definition) is 3. The van der Waals surface area contributed by atoms with Crippen molar-refractivity contribution in [3.05, 3.63) is 30.0 Å². The fourth-order valence-electron chi connectivity index (χ4n) is 1.11. The van der Waals surface area contributed by atoms with Crippen molar-refractivity contribution in [3.63, 3.8) is 0 Å². The maximum Gasteiger partial charge on any atom is 0.0669 e. The summed E-state index contributed by atoms with van der Waals surface area (Å²) >= 11 is 1.47. The second-order valence-corrected chi connectivity index (χ2v) is 3.37. The third-order valence-corrected chi connectivity index (χ3v) is 2.47. The van der Waals surface area contributed by atoms with Crippen molar-refractivity contribution in [2.24, 2.45) is 0 Å². The Hall–Kier alpha value is -1.40. The number of nitrogens with zero attached hydrogens (tertiary/aromatic N) is 2. The summed E-state index contributed by atoms with van der Waals surface area (Å²) in [5.74, 6) is 0. The topological polar surface area (TPSA) is 36.7 Å². The normalized spacial score (nSPS) is 9.92. The highest BCUT2D eigenvalue weighted by Gasteiger charge is 1.97. The van der Waals surface area contributed by atoms with Crippen LogP contribution < -0.4 is 0 Å². The lowest BCUT2D eigenvalue weighted by atomic mass is 10.1. The van der Waals surface area contributed by atoms with Gasteiger partial charge in [0.1, 0.15) is 0 Å². The average molecular weight is 174 g/mol. The molecule has 2 aromatic rings. The van der Waals surface area contributed by atoms with Crippen LogP contribution in [0.2, 0.25) is 0 Å². The molecule has 0 saturated heterocycles. The molecule has 0 aliphatic heterocycles. The highest BCUT2D eigenvalue weighted by atomic mass is 32.1. The molecular weight excluding hydrogens is 168 g/mol. The Labute approximate surface area is 74.2 Å². The van der Waals surface area contributed by atoms with Gasteiger partial charge in [-0.2, -0.15) is 9.64 Å². The van der Waals surface area contributed by atoms with Crippen LogP contribution in [0.15, 0.2) is 24.4 Å². The molecule has 0 amide bonds. The Morgan fingerprint density at radius 3 is 3.25 bits per heavy atom. The van der Waals surface area contributed by atoms with Gasteiger partial charge in [-0.25, -0.2) is 0 Å². The van der Waals surface area contributed by atoms with Crippen LogP contribution in [-0.2, 0) is 6.42 Å². The van der Waals surface area contributed by atoms with Gasteiger partial charge in [-0.05, 0) is 23.2 Å². The molecule has 1 aromatic carbocycles. The Morgan fingerprint density at radius 1 is 1.50 bits per heavy atom. The van der Waals surface area contributed by atoms with Crippen LogP contribution in [0.25, 0.3) is 10.1 Å². The predicted molar refractivity (Wildman–Crippen MR) is 48.9 cm³/mol. The van der Waals surface area contributed by atoms with Crippen molar-refractivity contribution in [2.75, 3.05) is 0 Å². The molecule has 0 N–H and O–H groups in total. The summed E-state index contributed by atoms with van der Waals surface area (Å²) in [5.41, 5.74) is 1.06. The van der Waals surface area contributed by atoms with Crippen LogP contribution in [0.4, 0.5) is 0 Å². The van der Waals surface area contributed by atoms with E-state index >= 15 is 0 Å². The third-order valence-electron chi connectivity index (χ3n) is 1.70. The lowest BCUT2D eigenvalue weighted by molar-refractivity contribution is 1.27. The summed E-state index contributed by atoms with van der Waals surface area (Å²) in [6.45, 7) is 0. The van der Waals surface area contributed by atoms with Crippen molar-refractivity contribution in [2.45, 2.75) is 6.42 Å². The van der Waals surface area contributed by atoms with Crippen molar-refractivity contribution in [1.29, 1.82) is 5.26 Å². The monoisotopic (exact) mass is 174 g/mol. The summed E-state index contributed by atoms with van der Waals surface area (Å²) in [6.07, 6.45) is 2.32. The third kappa shape index (κ3) is 1.17. The van der Waals surface area contributed by atoms with Gasteiger partial charge in [0.05, 0.1) is 17.2 Å². The van der Waals surface area contributed by atoms with E-state index in [-0.39, 0.29) is 0 Å². The lowest BCUT2D eigenvalue weighted by Gasteiger charge is -1.92. The second kappa shape index (κ2) is 2.92. The second-order valence-electron chi connectivity index (χ2n) is 2.53. The van der Waals surface area contributed by atoms with Crippen molar-refractivity contribution in [3.8, 4) is 6.07 Å². The molecule has 0 atom stereocenters. The fraction of sp³-hybridized carbons (Fsp3) is 0.111. The van der Waals surface area contributed by atoms with Gasteiger partial charge < -0.3 is 0 Å². The number of benzene rings is 1. The van der Waals surface area contributed by atoms with Crippen LogP contribution in [0.5, 0.6) is 0 Å². The van der Waals surface area contributed by atoms with E-state index in [0.29, 0.717) is 6.42 Å². The summed E-state index contributed by atoms with van der Waals surface area (Å²) in [4.78, 5) is 0. The Kier molecular flexibility index (Phi) is 1.77. The van der Waals surface area contributed by atoms with Gasteiger partial charge in [-0.3, -0.25) is 0 Å². The molecule has 0 aliphatic rings. The standard InChI is InChI=1S/C9H6N2S/c10-4-3-7-1-2-8-6-11-12-9(8)5-7/h1-2,5-6H,3H2. The molecule has 0 aliphatic carbocycles. The van der Waals surface area contributed by atoms with E-state index in [2.05, 4.69) is 10.4 Å². The van der Waals surface area contributed by atoms with E-state index < -0.39 is 0 Å². The molecule has 0 saturated carbocycles. The zero-order valence-corrected chi connectivity index (χ0v) is 7.14. The Balaban J connectivity index is 2.54. The number of hydrogen-bond donors (Lipinski definition) is 0. The molecule has 12 heavy (non-hydrogen) atoms. The SMILES string of the molecule is N#CCc1ccc2cnsc2c1. The molecule has 0 unspecified atom stereocenters. The van der Waals surface area contributed by atoms with Gasteiger partial charge in [-0.1, -0.05) is 12.1 Å². The first-order chi connectivity index (χ1) is 5.90. The molecule has 0 fully saturated rings. The number of nitriles is 1. The first-order valence-electron chi connectivity index (χ1n) is 3.60. The fourth-order valence-corrected chi connectivity index (χ4v) is 1.82. The van der Waals surface area contributed by atoms with E-state index in [1.54, 1.807) is 0 Å². The molecule has 58 valence electrons. The van der Waals surface area contributed by atoms with Crippen molar-refractivity contribution in [1.82, 2.24) is 4.37 Å². The molecule has 1 heterocycles.